The Bertz CT molecular complexity index is 823. The van der Waals surface area contributed by atoms with Crippen LogP contribution in [0.3, 0.4) is 0 Å². The number of carbonyl (C=O) groups is 2. The van der Waals surface area contributed by atoms with Gasteiger partial charge < -0.3 is 15.0 Å². The van der Waals surface area contributed by atoms with Gasteiger partial charge in [-0.1, -0.05) is 11.3 Å². The Kier molecular flexibility index (Phi) is 5.90. The second-order valence-electron chi connectivity index (χ2n) is 6.45. The summed E-state index contributed by atoms with van der Waals surface area (Å²) in [5, 5.41) is 5.99. The first-order chi connectivity index (χ1) is 12.9. The van der Waals surface area contributed by atoms with Gasteiger partial charge in [0.1, 0.15) is 11.6 Å². The van der Waals surface area contributed by atoms with Crippen LogP contribution in [-0.4, -0.2) is 41.0 Å². The molecule has 3 rings (SSSR count). The van der Waals surface area contributed by atoms with E-state index in [4.69, 9.17) is 4.74 Å². The summed E-state index contributed by atoms with van der Waals surface area (Å²) in [7, 11) is 0. The molecule has 144 valence electrons. The zero-order valence-electron chi connectivity index (χ0n) is 15.1. The van der Waals surface area contributed by atoms with Gasteiger partial charge in [0, 0.05) is 23.9 Å². The number of urea groups is 1. The zero-order valence-corrected chi connectivity index (χ0v) is 15.9. The number of nitrogens with zero attached hydrogens (tertiary/aromatic N) is 2. The van der Waals surface area contributed by atoms with Crippen LogP contribution in [0.5, 0.6) is 5.75 Å². The number of thiazole rings is 1. The van der Waals surface area contributed by atoms with E-state index in [1.807, 2.05) is 13.8 Å². The van der Waals surface area contributed by atoms with Gasteiger partial charge in [-0.05, 0) is 38.1 Å². The van der Waals surface area contributed by atoms with Gasteiger partial charge >= 0.3 is 6.03 Å². The molecule has 27 heavy (non-hydrogen) atoms. The van der Waals surface area contributed by atoms with Crippen molar-refractivity contribution in [3.05, 3.63) is 40.7 Å². The molecular formula is C18H21FN4O3S. The molecule has 2 heterocycles. The molecule has 1 aliphatic heterocycles. The van der Waals surface area contributed by atoms with Crippen molar-refractivity contribution in [3.8, 4) is 5.75 Å². The zero-order chi connectivity index (χ0) is 19.4. The predicted molar refractivity (Wildman–Crippen MR) is 100 cm³/mol. The SMILES string of the molecule is CC(C)NC(=O)Nc1nc2c(s1)CN(C(=O)COc1ccc(F)cc1)CC2. The molecule has 1 aromatic carbocycles. The number of aromatic nitrogens is 1. The predicted octanol–water partition coefficient (Wildman–Crippen LogP) is 2.78. The number of amides is 3. The topological polar surface area (TPSA) is 83.6 Å². The van der Waals surface area contributed by atoms with Crippen molar-refractivity contribution in [1.29, 1.82) is 0 Å². The summed E-state index contributed by atoms with van der Waals surface area (Å²) in [6.07, 6.45) is 0.627. The summed E-state index contributed by atoms with van der Waals surface area (Å²) >= 11 is 1.37. The summed E-state index contributed by atoms with van der Waals surface area (Å²) in [6, 6.07) is 5.29. The number of rotatable bonds is 5. The summed E-state index contributed by atoms with van der Waals surface area (Å²) in [4.78, 5) is 31.3. The largest absolute Gasteiger partial charge is 0.484 e. The normalized spacial score (nSPS) is 13.3. The summed E-state index contributed by atoms with van der Waals surface area (Å²) in [6.45, 7) is 4.63. The number of anilines is 1. The van der Waals surface area contributed by atoms with Crippen LogP contribution in [0, 0.1) is 5.82 Å². The molecule has 9 heteroatoms. The maximum Gasteiger partial charge on any atom is 0.321 e. The molecule has 0 saturated carbocycles. The van der Waals surface area contributed by atoms with E-state index in [1.165, 1.54) is 35.6 Å². The van der Waals surface area contributed by atoms with Crippen LogP contribution in [0.25, 0.3) is 0 Å². The van der Waals surface area contributed by atoms with Gasteiger partial charge in [-0.15, -0.1) is 0 Å². The number of carbonyl (C=O) groups excluding carboxylic acids is 2. The molecule has 1 aliphatic rings. The molecule has 0 fully saturated rings. The van der Waals surface area contributed by atoms with Crippen LogP contribution in [0.4, 0.5) is 14.3 Å². The van der Waals surface area contributed by atoms with Crippen molar-refractivity contribution in [3.63, 3.8) is 0 Å². The first-order valence-corrected chi connectivity index (χ1v) is 9.44. The van der Waals surface area contributed by atoms with Crippen molar-refractivity contribution < 1.29 is 18.7 Å². The smallest absolute Gasteiger partial charge is 0.321 e. The quantitative estimate of drug-likeness (QED) is 0.820. The van der Waals surface area contributed by atoms with E-state index < -0.39 is 0 Å². The molecule has 0 radical (unpaired) electrons. The van der Waals surface area contributed by atoms with Crippen molar-refractivity contribution in [1.82, 2.24) is 15.2 Å². The second-order valence-corrected chi connectivity index (χ2v) is 7.53. The van der Waals surface area contributed by atoms with E-state index >= 15 is 0 Å². The lowest BCUT2D eigenvalue weighted by molar-refractivity contribution is -0.134. The van der Waals surface area contributed by atoms with Crippen LogP contribution in [-0.2, 0) is 17.8 Å². The fraction of sp³-hybridized carbons (Fsp3) is 0.389. The minimum absolute atomic E-state index is 0.0359. The molecule has 0 aliphatic carbocycles. The molecule has 0 atom stereocenters. The van der Waals surface area contributed by atoms with Gasteiger partial charge in [-0.25, -0.2) is 14.2 Å². The summed E-state index contributed by atoms with van der Waals surface area (Å²) in [5.74, 6) is -0.0535. The van der Waals surface area contributed by atoms with Crippen LogP contribution >= 0.6 is 11.3 Å². The van der Waals surface area contributed by atoms with Crippen LogP contribution in [0.2, 0.25) is 0 Å². The molecule has 2 aromatic rings. The average Bonchev–Trinajstić information content (AvgIpc) is 3.01. The highest BCUT2D eigenvalue weighted by atomic mass is 32.1. The van der Waals surface area contributed by atoms with E-state index in [1.54, 1.807) is 4.90 Å². The molecule has 3 amide bonds. The highest BCUT2D eigenvalue weighted by molar-refractivity contribution is 7.15. The van der Waals surface area contributed by atoms with E-state index in [0.717, 1.165) is 10.6 Å². The molecular weight excluding hydrogens is 371 g/mol. The number of hydrogen-bond donors (Lipinski definition) is 2. The van der Waals surface area contributed by atoms with E-state index in [2.05, 4.69) is 15.6 Å². The van der Waals surface area contributed by atoms with Crippen molar-refractivity contribution in [2.24, 2.45) is 0 Å². The maximum atomic E-state index is 12.9. The molecule has 2 N–H and O–H groups in total. The van der Waals surface area contributed by atoms with Crippen LogP contribution in [0.15, 0.2) is 24.3 Å². The second kappa shape index (κ2) is 8.34. The third-order valence-corrected chi connectivity index (χ3v) is 4.90. The highest BCUT2D eigenvalue weighted by Gasteiger charge is 2.25. The van der Waals surface area contributed by atoms with Crippen LogP contribution < -0.4 is 15.4 Å². The number of halogens is 1. The Morgan fingerprint density at radius 3 is 2.78 bits per heavy atom. The molecule has 1 aromatic heterocycles. The molecule has 0 unspecified atom stereocenters. The van der Waals surface area contributed by atoms with E-state index in [-0.39, 0.29) is 30.4 Å². The lowest BCUT2D eigenvalue weighted by Crippen LogP contribution is -2.38. The Hall–Kier alpha value is -2.68. The third-order valence-electron chi connectivity index (χ3n) is 3.90. The first kappa shape index (κ1) is 19.1. The minimum atomic E-state index is -0.353. The number of fused-ring (bicyclic) bond motifs is 1. The highest BCUT2D eigenvalue weighted by Crippen LogP contribution is 2.28. The van der Waals surface area contributed by atoms with Gasteiger partial charge in [0.25, 0.3) is 5.91 Å². The fourth-order valence-electron chi connectivity index (χ4n) is 2.62. The summed E-state index contributed by atoms with van der Waals surface area (Å²) in [5.41, 5.74) is 0.906. The van der Waals surface area contributed by atoms with Crippen molar-refractivity contribution in [2.75, 3.05) is 18.5 Å². The molecule has 0 spiro atoms. The number of ether oxygens (including phenoxy) is 1. The lowest BCUT2D eigenvalue weighted by Gasteiger charge is -2.26. The van der Waals surface area contributed by atoms with Crippen molar-refractivity contribution in [2.45, 2.75) is 32.9 Å². The lowest BCUT2D eigenvalue weighted by atomic mass is 10.2. The Morgan fingerprint density at radius 2 is 2.07 bits per heavy atom. The van der Waals surface area contributed by atoms with E-state index in [0.29, 0.717) is 30.4 Å². The van der Waals surface area contributed by atoms with Gasteiger partial charge in [0.2, 0.25) is 0 Å². The molecule has 0 bridgehead atoms. The standard InChI is InChI=1S/C18H21FN4O3S/c1-11(2)20-17(25)22-18-21-14-7-8-23(9-15(14)27-18)16(24)10-26-13-5-3-12(19)4-6-13/h3-6,11H,7-10H2,1-2H3,(H2,20,21,22,25). The van der Waals surface area contributed by atoms with Gasteiger partial charge in [-0.3, -0.25) is 10.1 Å². The summed E-state index contributed by atoms with van der Waals surface area (Å²) < 4.78 is 18.3. The first-order valence-electron chi connectivity index (χ1n) is 8.63. The third kappa shape index (κ3) is 5.16. The average molecular weight is 392 g/mol. The van der Waals surface area contributed by atoms with Crippen LogP contribution in [0.1, 0.15) is 24.4 Å². The van der Waals surface area contributed by atoms with E-state index in [9.17, 15) is 14.0 Å². The Balaban J connectivity index is 1.55. The van der Waals surface area contributed by atoms with Gasteiger partial charge in [-0.2, -0.15) is 0 Å². The Labute approximate surface area is 160 Å². The maximum absolute atomic E-state index is 12.9. The van der Waals surface area contributed by atoms with Crippen molar-refractivity contribution >= 4 is 28.4 Å². The molecule has 7 nitrogen and oxygen atoms in total. The Morgan fingerprint density at radius 1 is 1.33 bits per heavy atom. The number of benzene rings is 1. The number of nitrogens with one attached hydrogen (secondary N) is 2. The fourth-order valence-corrected chi connectivity index (χ4v) is 3.64. The molecule has 0 saturated heterocycles. The number of hydrogen-bond acceptors (Lipinski definition) is 5. The minimum Gasteiger partial charge on any atom is -0.484 e. The monoisotopic (exact) mass is 392 g/mol. The van der Waals surface area contributed by atoms with Gasteiger partial charge in [0.15, 0.2) is 11.7 Å². The van der Waals surface area contributed by atoms with Gasteiger partial charge in [0.05, 0.1) is 12.2 Å².